The largest absolute Gasteiger partial charge is 0.334 e. The fraction of sp³-hybridized carbons (Fsp3) is 0.455. The number of nitriles is 1. The zero-order valence-electron chi connectivity index (χ0n) is 8.65. The Balaban J connectivity index is 2.08. The maximum absolute atomic E-state index is 12.2. The molecule has 0 aromatic carbocycles. The van der Waals surface area contributed by atoms with Crippen molar-refractivity contribution < 1.29 is 4.79 Å². The van der Waals surface area contributed by atoms with Crippen LogP contribution in [0.1, 0.15) is 28.9 Å². The van der Waals surface area contributed by atoms with Gasteiger partial charge in [-0.25, -0.2) is 0 Å². The number of hydrogen-bond donors (Lipinski definition) is 0. The first-order valence-electron chi connectivity index (χ1n) is 5.15. The van der Waals surface area contributed by atoms with Crippen LogP contribution in [0.4, 0.5) is 0 Å². The van der Waals surface area contributed by atoms with Gasteiger partial charge < -0.3 is 4.90 Å². The molecule has 1 aromatic heterocycles. The van der Waals surface area contributed by atoms with Crippen molar-refractivity contribution in [2.24, 2.45) is 0 Å². The van der Waals surface area contributed by atoms with Gasteiger partial charge in [-0.3, -0.25) is 4.79 Å². The number of amides is 1. The summed E-state index contributed by atoms with van der Waals surface area (Å²) < 4.78 is 0.965. The number of nitrogens with zero attached hydrogens (tertiary/aromatic N) is 2. The molecule has 0 aliphatic heterocycles. The summed E-state index contributed by atoms with van der Waals surface area (Å²) in [4.78, 5) is 14.7. The Kier molecular flexibility index (Phi) is 3.62. The van der Waals surface area contributed by atoms with Crippen LogP contribution in [0.2, 0.25) is 0 Å². The lowest BCUT2D eigenvalue weighted by Gasteiger charge is -2.20. The second-order valence-corrected chi connectivity index (χ2v) is 6.20. The van der Waals surface area contributed by atoms with Gasteiger partial charge in [0.2, 0.25) is 0 Å². The van der Waals surface area contributed by atoms with Gasteiger partial charge >= 0.3 is 0 Å². The van der Waals surface area contributed by atoms with E-state index in [4.69, 9.17) is 5.26 Å². The van der Waals surface area contributed by atoms with E-state index in [0.717, 1.165) is 21.5 Å². The molecule has 0 saturated heterocycles. The zero-order valence-corrected chi connectivity index (χ0v) is 11.1. The Morgan fingerprint density at radius 1 is 1.62 bits per heavy atom. The first-order valence-corrected chi connectivity index (χ1v) is 6.76. The van der Waals surface area contributed by atoms with Crippen molar-refractivity contribution in [2.75, 3.05) is 6.54 Å². The molecular weight excluding hydrogens is 288 g/mol. The maximum Gasteiger partial charge on any atom is 0.264 e. The van der Waals surface area contributed by atoms with Crippen LogP contribution in [0.15, 0.2) is 15.9 Å². The van der Waals surface area contributed by atoms with E-state index in [-0.39, 0.29) is 5.91 Å². The quantitative estimate of drug-likeness (QED) is 0.857. The molecule has 3 nitrogen and oxygen atoms in total. The third-order valence-electron chi connectivity index (χ3n) is 2.50. The van der Waals surface area contributed by atoms with E-state index in [2.05, 4.69) is 22.0 Å². The number of rotatable bonds is 4. The smallest absolute Gasteiger partial charge is 0.264 e. The highest BCUT2D eigenvalue weighted by Crippen LogP contribution is 2.30. The van der Waals surface area contributed by atoms with Gasteiger partial charge in [0.1, 0.15) is 0 Å². The molecule has 1 aliphatic rings. The van der Waals surface area contributed by atoms with E-state index >= 15 is 0 Å². The molecule has 5 heteroatoms. The molecule has 1 heterocycles. The SMILES string of the molecule is N#CCCN(C(=O)c1ccc(Br)s1)C1CC1. The van der Waals surface area contributed by atoms with Gasteiger partial charge in [0.05, 0.1) is 21.2 Å². The minimum Gasteiger partial charge on any atom is -0.334 e. The van der Waals surface area contributed by atoms with Gasteiger partial charge in [-0.2, -0.15) is 5.26 Å². The van der Waals surface area contributed by atoms with Crippen molar-refractivity contribution >= 4 is 33.2 Å². The lowest BCUT2D eigenvalue weighted by molar-refractivity contribution is 0.0752. The van der Waals surface area contributed by atoms with Crippen LogP contribution in [-0.4, -0.2) is 23.4 Å². The average molecular weight is 299 g/mol. The molecule has 1 aliphatic carbocycles. The third kappa shape index (κ3) is 2.63. The van der Waals surface area contributed by atoms with E-state index in [1.54, 1.807) is 0 Å². The summed E-state index contributed by atoms with van der Waals surface area (Å²) in [5, 5.41) is 8.58. The Morgan fingerprint density at radius 2 is 2.38 bits per heavy atom. The Bertz CT molecular complexity index is 433. The predicted octanol–water partition coefficient (Wildman–Crippen LogP) is 3.03. The summed E-state index contributed by atoms with van der Waals surface area (Å²) in [5.41, 5.74) is 0. The summed E-state index contributed by atoms with van der Waals surface area (Å²) in [6, 6.07) is 6.17. The van der Waals surface area contributed by atoms with Crippen molar-refractivity contribution in [1.82, 2.24) is 4.90 Å². The molecule has 1 saturated carbocycles. The zero-order chi connectivity index (χ0) is 11.5. The molecule has 84 valence electrons. The first-order chi connectivity index (χ1) is 7.72. The number of carbonyl (C=O) groups is 1. The minimum absolute atomic E-state index is 0.0634. The highest BCUT2D eigenvalue weighted by molar-refractivity contribution is 9.11. The molecule has 0 spiro atoms. The van der Waals surface area contributed by atoms with Crippen LogP contribution >= 0.6 is 27.3 Å². The standard InChI is InChI=1S/C11H11BrN2OS/c12-10-5-4-9(16-10)11(15)14(7-1-6-13)8-2-3-8/h4-5,8H,1-3,7H2. The van der Waals surface area contributed by atoms with Gasteiger partial charge in [0.25, 0.3) is 5.91 Å². The van der Waals surface area contributed by atoms with Gasteiger partial charge in [-0.05, 0) is 40.9 Å². The highest BCUT2D eigenvalue weighted by Gasteiger charge is 2.33. The van der Waals surface area contributed by atoms with Crippen LogP contribution in [0.3, 0.4) is 0 Å². The Hall–Kier alpha value is -0.860. The van der Waals surface area contributed by atoms with Crippen LogP contribution < -0.4 is 0 Å². The summed E-state index contributed by atoms with van der Waals surface area (Å²) in [6.07, 6.45) is 2.56. The molecule has 0 unspecified atom stereocenters. The lowest BCUT2D eigenvalue weighted by atomic mass is 10.3. The topological polar surface area (TPSA) is 44.1 Å². The van der Waals surface area contributed by atoms with Crippen LogP contribution in [0.5, 0.6) is 0 Å². The Morgan fingerprint density at radius 3 is 2.88 bits per heavy atom. The van der Waals surface area contributed by atoms with Crippen molar-refractivity contribution in [2.45, 2.75) is 25.3 Å². The normalized spacial score (nSPS) is 14.5. The molecule has 16 heavy (non-hydrogen) atoms. The summed E-state index contributed by atoms with van der Waals surface area (Å²) in [6.45, 7) is 0.551. The summed E-state index contributed by atoms with van der Waals surface area (Å²) in [7, 11) is 0. The van der Waals surface area contributed by atoms with E-state index in [1.165, 1.54) is 11.3 Å². The first kappa shape index (κ1) is 11.6. The van der Waals surface area contributed by atoms with E-state index in [0.29, 0.717) is 19.0 Å². The van der Waals surface area contributed by atoms with E-state index in [1.807, 2.05) is 17.0 Å². The fourth-order valence-corrected chi connectivity index (χ4v) is 2.92. The van der Waals surface area contributed by atoms with Crippen molar-refractivity contribution in [3.8, 4) is 6.07 Å². The number of halogens is 1. The second-order valence-electron chi connectivity index (χ2n) is 3.74. The Labute approximate surface area is 107 Å². The van der Waals surface area contributed by atoms with Crippen molar-refractivity contribution in [3.05, 3.63) is 20.8 Å². The second kappa shape index (κ2) is 4.98. The lowest BCUT2D eigenvalue weighted by Crippen LogP contribution is -2.33. The van der Waals surface area contributed by atoms with Crippen molar-refractivity contribution in [3.63, 3.8) is 0 Å². The fourth-order valence-electron chi connectivity index (χ4n) is 1.58. The van der Waals surface area contributed by atoms with Crippen LogP contribution in [-0.2, 0) is 0 Å². The molecule has 2 rings (SSSR count). The summed E-state index contributed by atoms with van der Waals surface area (Å²) in [5.74, 6) is 0.0634. The van der Waals surface area contributed by atoms with Crippen molar-refractivity contribution in [1.29, 1.82) is 5.26 Å². The highest BCUT2D eigenvalue weighted by atomic mass is 79.9. The third-order valence-corrected chi connectivity index (χ3v) is 4.11. The van der Waals surface area contributed by atoms with Gasteiger partial charge in [0.15, 0.2) is 0 Å². The average Bonchev–Trinajstić information content (AvgIpc) is 3.01. The molecule has 0 bridgehead atoms. The van der Waals surface area contributed by atoms with Crippen LogP contribution in [0, 0.1) is 11.3 Å². The van der Waals surface area contributed by atoms with Gasteiger partial charge in [0, 0.05) is 12.6 Å². The minimum atomic E-state index is 0.0634. The maximum atomic E-state index is 12.2. The number of thiophene rings is 1. The van der Waals surface area contributed by atoms with Gasteiger partial charge in [-0.15, -0.1) is 11.3 Å². The molecular formula is C11H11BrN2OS. The molecule has 0 N–H and O–H groups in total. The summed E-state index contributed by atoms with van der Waals surface area (Å²) >= 11 is 4.80. The molecule has 0 radical (unpaired) electrons. The predicted molar refractivity (Wildman–Crippen MR) is 66.3 cm³/mol. The molecule has 0 atom stereocenters. The van der Waals surface area contributed by atoms with E-state index < -0.39 is 0 Å². The molecule has 1 amide bonds. The molecule has 1 fully saturated rings. The molecule has 1 aromatic rings. The van der Waals surface area contributed by atoms with Crippen LogP contribution in [0.25, 0.3) is 0 Å². The number of hydrogen-bond acceptors (Lipinski definition) is 3. The van der Waals surface area contributed by atoms with E-state index in [9.17, 15) is 4.79 Å². The number of carbonyl (C=O) groups excluding carboxylic acids is 1. The van der Waals surface area contributed by atoms with Gasteiger partial charge in [-0.1, -0.05) is 0 Å². The monoisotopic (exact) mass is 298 g/mol.